The van der Waals surface area contributed by atoms with E-state index in [-0.39, 0.29) is 11.2 Å². The Labute approximate surface area is 223 Å². The third-order valence-electron chi connectivity index (χ3n) is 7.67. The van der Waals surface area contributed by atoms with E-state index in [4.69, 9.17) is 4.98 Å². The molecular formula is C30H36F3N5. The zero-order valence-corrected chi connectivity index (χ0v) is 22.4. The van der Waals surface area contributed by atoms with Gasteiger partial charge in [-0.25, -0.2) is 9.97 Å². The number of rotatable bonds is 6. The predicted octanol–water partition coefficient (Wildman–Crippen LogP) is 6.74. The lowest BCUT2D eigenvalue weighted by Crippen LogP contribution is -2.34. The van der Waals surface area contributed by atoms with E-state index in [1.165, 1.54) is 30.7 Å². The average Bonchev–Trinajstić information content (AvgIpc) is 3.41. The van der Waals surface area contributed by atoms with E-state index >= 15 is 0 Å². The molecule has 0 bridgehead atoms. The zero-order chi connectivity index (χ0) is 26.9. The van der Waals surface area contributed by atoms with Crippen LogP contribution >= 0.6 is 0 Å². The molecule has 3 aromatic rings. The Morgan fingerprint density at radius 2 is 1.66 bits per heavy atom. The Morgan fingerprint density at radius 3 is 2.34 bits per heavy atom. The van der Waals surface area contributed by atoms with E-state index in [1.54, 1.807) is 4.90 Å². The molecule has 0 spiro atoms. The molecule has 5 rings (SSSR count). The summed E-state index contributed by atoms with van der Waals surface area (Å²) >= 11 is 0. The summed E-state index contributed by atoms with van der Waals surface area (Å²) in [5.74, 6) is 0.783. The van der Waals surface area contributed by atoms with Crippen molar-refractivity contribution >= 4 is 17.3 Å². The quantitative estimate of drug-likeness (QED) is 0.388. The van der Waals surface area contributed by atoms with Gasteiger partial charge in [0.2, 0.25) is 0 Å². The molecule has 0 amide bonds. The normalized spacial score (nSPS) is 16.5. The smallest absolute Gasteiger partial charge is 0.351 e. The molecule has 8 heteroatoms. The van der Waals surface area contributed by atoms with E-state index in [0.717, 1.165) is 60.3 Å². The van der Waals surface area contributed by atoms with Gasteiger partial charge in [0.1, 0.15) is 11.6 Å². The van der Waals surface area contributed by atoms with Crippen molar-refractivity contribution in [1.29, 1.82) is 0 Å². The van der Waals surface area contributed by atoms with Crippen molar-refractivity contribution < 1.29 is 13.2 Å². The standard InChI is InChI=1S/C30H36F3N5/c1-29(2,3)22-8-10-23(11-9-22)36-27-24-13-18-38(28-26(30(31,32)33)7-6-14-34-28)20-25(24)21(19-35-27)12-17-37-15-4-5-16-37/h6-11,14,19H,4-5,12-13,15-18,20H2,1-3H3,(H,35,36). The number of nitrogens with one attached hydrogen (secondary N) is 1. The zero-order valence-electron chi connectivity index (χ0n) is 22.4. The molecule has 0 unspecified atom stereocenters. The van der Waals surface area contributed by atoms with E-state index in [2.05, 4.69) is 60.2 Å². The van der Waals surface area contributed by atoms with Gasteiger partial charge in [0, 0.05) is 43.3 Å². The molecule has 2 aromatic heterocycles. The molecular weight excluding hydrogens is 487 g/mol. The number of nitrogens with zero attached hydrogens (tertiary/aromatic N) is 4. The summed E-state index contributed by atoms with van der Waals surface area (Å²) in [6.45, 7) is 10.5. The molecule has 2 aliphatic heterocycles. The Hall–Kier alpha value is -3.13. The maximum absolute atomic E-state index is 13.8. The Morgan fingerprint density at radius 1 is 0.921 bits per heavy atom. The number of anilines is 3. The highest BCUT2D eigenvalue weighted by Crippen LogP contribution is 2.38. The summed E-state index contributed by atoms with van der Waals surface area (Å²) in [7, 11) is 0. The first-order valence-electron chi connectivity index (χ1n) is 13.5. The molecule has 0 aliphatic carbocycles. The molecule has 5 nitrogen and oxygen atoms in total. The van der Waals surface area contributed by atoms with Gasteiger partial charge in [-0.2, -0.15) is 13.2 Å². The molecule has 0 saturated carbocycles. The van der Waals surface area contributed by atoms with Gasteiger partial charge in [-0.15, -0.1) is 0 Å². The maximum Gasteiger partial charge on any atom is 0.419 e. The van der Waals surface area contributed by atoms with Gasteiger partial charge in [-0.3, -0.25) is 0 Å². The number of likely N-dealkylation sites (tertiary alicyclic amines) is 1. The van der Waals surface area contributed by atoms with Gasteiger partial charge in [0.05, 0.1) is 5.56 Å². The first-order chi connectivity index (χ1) is 18.1. The van der Waals surface area contributed by atoms with Gasteiger partial charge in [-0.05, 0) is 85.1 Å². The number of hydrogen-bond acceptors (Lipinski definition) is 5. The molecule has 202 valence electrons. The second-order valence-electron chi connectivity index (χ2n) is 11.4. The number of hydrogen-bond donors (Lipinski definition) is 1. The average molecular weight is 524 g/mol. The lowest BCUT2D eigenvalue weighted by molar-refractivity contribution is -0.137. The molecule has 1 fully saturated rings. The number of alkyl halides is 3. The van der Waals surface area contributed by atoms with Crippen molar-refractivity contribution in [3.05, 3.63) is 76.6 Å². The number of fused-ring (bicyclic) bond motifs is 1. The van der Waals surface area contributed by atoms with Crippen molar-refractivity contribution in [1.82, 2.24) is 14.9 Å². The molecule has 4 heterocycles. The highest BCUT2D eigenvalue weighted by Gasteiger charge is 2.36. The van der Waals surface area contributed by atoms with Crippen LogP contribution in [0.3, 0.4) is 0 Å². The van der Waals surface area contributed by atoms with E-state index in [0.29, 0.717) is 19.5 Å². The summed E-state index contributed by atoms with van der Waals surface area (Å²) in [6.07, 6.45) is 2.77. The van der Waals surface area contributed by atoms with Crippen LogP contribution in [0, 0.1) is 0 Å². The fraction of sp³-hybridized carbons (Fsp3) is 0.467. The topological polar surface area (TPSA) is 44.3 Å². The van der Waals surface area contributed by atoms with Crippen molar-refractivity contribution in [2.75, 3.05) is 36.4 Å². The second kappa shape index (κ2) is 10.6. The minimum Gasteiger partial charge on any atom is -0.351 e. The first-order valence-corrected chi connectivity index (χ1v) is 13.5. The lowest BCUT2D eigenvalue weighted by Gasteiger charge is -2.33. The van der Waals surface area contributed by atoms with Crippen LogP contribution < -0.4 is 10.2 Å². The second-order valence-corrected chi connectivity index (χ2v) is 11.4. The van der Waals surface area contributed by atoms with Gasteiger partial charge < -0.3 is 15.1 Å². The highest BCUT2D eigenvalue weighted by atomic mass is 19.4. The summed E-state index contributed by atoms with van der Waals surface area (Å²) in [4.78, 5) is 13.2. The molecule has 1 N–H and O–H groups in total. The summed E-state index contributed by atoms with van der Waals surface area (Å²) in [5.41, 5.74) is 4.84. The lowest BCUT2D eigenvalue weighted by atomic mass is 9.87. The molecule has 2 aliphatic rings. The van der Waals surface area contributed by atoms with Crippen LogP contribution in [0.5, 0.6) is 0 Å². The Balaban J connectivity index is 1.46. The predicted molar refractivity (Wildman–Crippen MR) is 146 cm³/mol. The number of benzene rings is 1. The van der Waals surface area contributed by atoms with Crippen LogP contribution in [-0.2, 0) is 31.0 Å². The summed E-state index contributed by atoms with van der Waals surface area (Å²) in [5, 5.41) is 3.49. The summed E-state index contributed by atoms with van der Waals surface area (Å²) in [6, 6.07) is 10.8. The van der Waals surface area contributed by atoms with Crippen molar-refractivity contribution in [2.24, 2.45) is 0 Å². The monoisotopic (exact) mass is 523 g/mol. The van der Waals surface area contributed by atoms with Crippen LogP contribution in [-0.4, -0.2) is 41.0 Å². The molecule has 1 aromatic carbocycles. The Bertz CT molecular complexity index is 1260. The highest BCUT2D eigenvalue weighted by molar-refractivity contribution is 5.64. The molecule has 1 saturated heterocycles. The number of aromatic nitrogens is 2. The van der Waals surface area contributed by atoms with Crippen LogP contribution in [0.1, 0.15) is 61.4 Å². The molecule has 38 heavy (non-hydrogen) atoms. The van der Waals surface area contributed by atoms with Crippen LogP contribution in [0.25, 0.3) is 0 Å². The Kier molecular flexibility index (Phi) is 7.36. The van der Waals surface area contributed by atoms with E-state index < -0.39 is 11.7 Å². The van der Waals surface area contributed by atoms with E-state index in [1.807, 2.05) is 6.20 Å². The van der Waals surface area contributed by atoms with Crippen molar-refractivity contribution in [2.45, 2.75) is 64.6 Å². The van der Waals surface area contributed by atoms with Crippen molar-refractivity contribution in [3.8, 4) is 0 Å². The van der Waals surface area contributed by atoms with Gasteiger partial charge in [-0.1, -0.05) is 32.9 Å². The third-order valence-corrected chi connectivity index (χ3v) is 7.67. The largest absolute Gasteiger partial charge is 0.419 e. The molecule has 0 radical (unpaired) electrons. The van der Waals surface area contributed by atoms with Crippen LogP contribution in [0.15, 0.2) is 48.8 Å². The summed E-state index contributed by atoms with van der Waals surface area (Å²) < 4.78 is 41.4. The number of halogens is 3. The molecule has 0 atom stereocenters. The minimum atomic E-state index is -4.45. The third kappa shape index (κ3) is 5.80. The number of pyridine rings is 2. The minimum absolute atomic E-state index is 0.000216. The van der Waals surface area contributed by atoms with Crippen LogP contribution in [0.4, 0.5) is 30.5 Å². The van der Waals surface area contributed by atoms with Crippen LogP contribution in [0.2, 0.25) is 0 Å². The maximum atomic E-state index is 13.8. The van der Waals surface area contributed by atoms with Crippen molar-refractivity contribution in [3.63, 3.8) is 0 Å². The fourth-order valence-corrected chi connectivity index (χ4v) is 5.47. The van der Waals surface area contributed by atoms with Gasteiger partial charge in [0.15, 0.2) is 0 Å². The fourth-order valence-electron chi connectivity index (χ4n) is 5.47. The SMILES string of the molecule is CC(C)(C)c1ccc(Nc2ncc(CCN3CCCC3)c3c2CCN(c2ncccc2C(F)(F)F)C3)cc1. The van der Waals surface area contributed by atoms with Gasteiger partial charge >= 0.3 is 6.18 Å². The first kappa shape index (κ1) is 26.5. The van der Waals surface area contributed by atoms with E-state index in [9.17, 15) is 13.2 Å². The van der Waals surface area contributed by atoms with Gasteiger partial charge in [0.25, 0.3) is 0 Å².